The third-order valence-electron chi connectivity index (χ3n) is 3.61. The molecule has 0 spiro atoms. The van der Waals surface area contributed by atoms with Crippen molar-refractivity contribution in [1.29, 1.82) is 0 Å². The summed E-state index contributed by atoms with van der Waals surface area (Å²) in [4.78, 5) is 0. The van der Waals surface area contributed by atoms with Crippen molar-refractivity contribution >= 4 is 0 Å². The fourth-order valence-electron chi connectivity index (χ4n) is 2.68. The molecule has 2 rings (SSSR count). The maximum absolute atomic E-state index is 14.0. The molecular weight excluding hydrogens is 203 g/mol. The van der Waals surface area contributed by atoms with E-state index in [1.54, 1.807) is 13.0 Å². The summed E-state index contributed by atoms with van der Waals surface area (Å²) in [5, 5.41) is 0. The Morgan fingerprint density at radius 2 is 2.06 bits per heavy atom. The summed E-state index contributed by atoms with van der Waals surface area (Å²) in [6, 6.07) is 5.49. The van der Waals surface area contributed by atoms with Crippen molar-refractivity contribution in [2.75, 3.05) is 0 Å². The van der Waals surface area contributed by atoms with Crippen LogP contribution in [0, 0.1) is 18.7 Å². The second kappa shape index (κ2) is 4.93. The standard InChI is InChI=1S/C13H19FN2/c1-9-5-4-8-11(12(9)14)13(16-15)10-6-2-3-7-10/h4-5,8,10,13,16H,2-3,6-7,15H2,1H3. The van der Waals surface area contributed by atoms with Crippen molar-refractivity contribution in [1.82, 2.24) is 5.43 Å². The van der Waals surface area contributed by atoms with Crippen molar-refractivity contribution in [3.8, 4) is 0 Å². The van der Waals surface area contributed by atoms with Crippen molar-refractivity contribution in [3.63, 3.8) is 0 Å². The summed E-state index contributed by atoms with van der Waals surface area (Å²) in [5.74, 6) is 5.95. The summed E-state index contributed by atoms with van der Waals surface area (Å²) in [6.45, 7) is 1.79. The van der Waals surface area contributed by atoms with E-state index in [-0.39, 0.29) is 11.9 Å². The lowest BCUT2D eigenvalue weighted by Gasteiger charge is -2.23. The van der Waals surface area contributed by atoms with Gasteiger partial charge in [0.05, 0.1) is 6.04 Å². The Balaban J connectivity index is 2.28. The van der Waals surface area contributed by atoms with Crippen LogP contribution in [0.25, 0.3) is 0 Å². The Morgan fingerprint density at radius 3 is 2.69 bits per heavy atom. The molecular formula is C13H19FN2. The molecule has 1 unspecified atom stereocenters. The molecule has 3 heteroatoms. The molecule has 1 aromatic carbocycles. The first-order valence-corrected chi connectivity index (χ1v) is 5.95. The second-order valence-electron chi connectivity index (χ2n) is 4.67. The minimum absolute atomic E-state index is 0.0394. The highest BCUT2D eigenvalue weighted by atomic mass is 19.1. The van der Waals surface area contributed by atoms with Crippen LogP contribution in [0.5, 0.6) is 0 Å². The molecule has 0 radical (unpaired) electrons. The number of hydrogen-bond donors (Lipinski definition) is 2. The molecule has 16 heavy (non-hydrogen) atoms. The van der Waals surface area contributed by atoms with Gasteiger partial charge in [-0.3, -0.25) is 11.3 Å². The van der Waals surface area contributed by atoms with E-state index in [2.05, 4.69) is 5.43 Å². The van der Waals surface area contributed by atoms with Gasteiger partial charge in [0.1, 0.15) is 5.82 Å². The molecule has 0 heterocycles. The van der Waals surface area contributed by atoms with Gasteiger partial charge in [-0.1, -0.05) is 31.0 Å². The third-order valence-corrected chi connectivity index (χ3v) is 3.61. The van der Waals surface area contributed by atoms with Gasteiger partial charge in [0.25, 0.3) is 0 Å². The molecule has 3 N–H and O–H groups in total. The van der Waals surface area contributed by atoms with Crippen molar-refractivity contribution in [3.05, 3.63) is 35.1 Å². The molecule has 2 nitrogen and oxygen atoms in total. The van der Waals surface area contributed by atoms with Crippen LogP contribution in [0.3, 0.4) is 0 Å². The van der Waals surface area contributed by atoms with Gasteiger partial charge in [0.2, 0.25) is 0 Å². The number of nitrogens with two attached hydrogens (primary N) is 1. The Kier molecular flexibility index (Phi) is 3.56. The van der Waals surface area contributed by atoms with E-state index in [0.29, 0.717) is 11.5 Å². The van der Waals surface area contributed by atoms with Gasteiger partial charge >= 0.3 is 0 Å². The van der Waals surface area contributed by atoms with Gasteiger partial charge in [-0.15, -0.1) is 0 Å². The fourth-order valence-corrected chi connectivity index (χ4v) is 2.68. The van der Waals surface area contributed by atoms with E-state index in [0.717, 1.165) is 18.4 Å². The molecule has 1 aliphatic rings. The minimum Gasteiger partial charge on any atom is -0.271 e. The molecule has 1 aliphatic carbocycles. The average molecular weight is 222 g/mol. The van der Waals surface area contributed by atoms with Gasteiger partial charge in [-0.25, -0.2) is 4.39 Å². The first-order chi connectivity index (χ1) is 7.74. The molecule has 0 aromatic heterocycles. The zero-order chi connectivity index (χ0) is 11.5. The fraction of sp³-hybridized carbons (Fsp3) is 0.538. The van der Waals surface area contributed by atoms with Crippen LogP contribution in [0.15, 0.2) is 18.2 Å². The highest BCUT2D eigenvalue weighted by molar-refractivity contribution is 5.28. The molecule has 0 amide bonds. The monoisotopic (exact) mass is 222 g/mol. The predicted molar refractivity (Wildman–Crippen MR) is 63.2 cm³/mol. The summed E-state index contributed by atoms with van der Waals surface area (Å²) in [6.07, 6.45) is 4.75. The number of hydrazine groups is 1. The summed E-state index contributed by atoms with van der Waals surface area (Å²) in [5.41, 5.74) is 4.20. The number of nitrogens with one attached hydrogen (secondary N) is 1. The van der Waals surface area contributed by atoms with E-state index in [4.69, 9.17) is 5.84 Å². The molecule has 0 aliphatic heterocycles. The number of aryl methyl sites for hydroxylation is 1. The number of benzene rings is 1. The van der Waals surface area contributed by atoms with E-state index in [1.807, 2.05) is 12.1 Å². The smallest absolute Gasteiger partial charge is 0.130 e. The maximum Gasteiger partial charge on any atom is 0.130 e. The number of rotatable bonds is 3. The largest absolute Gasteiger partial charge is 0.271 e. The zero-order valence-corrected chi connectivity index (χ0v) is 9.67. The topological polar surface area (TPSA) is 38.0 Å². The average Bonchev–Trinajstić information content (AvgIpc) is 2.79. The van der Waals surface area contributed by atoms with Crippen LogP contribution in [0.1, 0.15) is 42.9 Å². The van der Waals surface area contributed by atoms with Crippen molar-refractivity contribution in [2.45, 2.75) is 38.6 Å². The Morgan fingerprint density at radius 1 is 1.38 bits per heavy atom. The predicted octanol–water partition coefficient (Wildman–Crippen LogP) is 2.83. The SMILES string of the molecule is Cc1cccc(C(NN)C2CCCC2)c1F. The lowest BCUT2D eigenvalue weighted by molar-refractivity contribution is 0.361. The van der Waals surface area contributed by atoms with Crippen LogP contribution in [0.2, 0.25) is 0 Å². The maximum atomic E-state index is 14.0. The van der Waals surface area contributed by atoms with Gasteiger partial charge < -0.3 is 0 Å². The van der Waals surface area contributed by atoms with Crippen LogP contribution >= 0.6 is 0 Å². The Labute approximate surface area is 96.0 Å². The Hall–Kier alpha value is -0.930. The molecule has 1 saturated carbocycles. The lowest BCUT2D eigenvalue weighted by Crippen LogP contribution is -2.33. The highest BCUT2D eigenvalue weighted by Gasteiger charge is 2.27. The minimum atomic E-state index is -0.114. The summed E-state index contributed by atoms with van der Waals surface area (Å²) < 4.78 is 14.0. The van der Waals surface area contributed by atoms with Crippen LogP contribution in [-0.4, -0.2) is 0 Å². The van der Waals surface area contributed by atoms with E-state index < -0.39 is 0 Å². The van der Waals surface area contributed by atoms with Crippen LogP contribution < -0.4 is 11.3 Å². The molecule has 88 valence electrons. The first kappa shape index (κ1) is 11.6. The third kappa shape index (κ3) is 2.11. The van der Waals surface area contributed by atoms with E-state index in [9.17, 15) is 4.39 Å². The first-order valence-electron chi connectivity index (χ1n) is 5.95. The molecule has 1 fully saturated rings. The van der Waals surface area contributed by atoms with E-state index >= 15 is 0 Å². The van der Waals surface area contributed by atoms with Crippen LogP contribution in [0.4, 0.5) is 4.39 Å². The quantitative estimate of drug-likeness (QED) is 0.609. The van der Waals surface area contributed by atoms with Gasteiger partial charge in [0, 0.05) is 5.56 Å². The zero-order valence-electron chi connectivity index (χ0n) is 9.67. The Bertz CT molecular complexity index is 359. The van der Waals surface area contributed by atoms with Crippen molar-refractivity contribution < 1.29 is 4.39 Å². The summed E-state index contributed by atoms with van der Waals surface area (Å²) in [7, 11) is 0. The second-order valence-corrected chi connectivity index (χ2v) is 4.67. The normalized spacial score (nSPS) is 18.9. The van der Waals surface area contributed by atoms with E-state index in [1.165, 1.54) is 12.8 Å². The summed E-state index contributed by atoms with van der Waals surface area (Å²) >= 11 is 0. The van der Waals surface area contributed by atoms with Gasteiger partial charge in [-0.05, 0) is 31.2 Å². The molecule has 0 bridgehead atoms. The highest BCUT2D eigenvalue weighted by Crippen LogP contribution is 2.36. The molecule has 0 saturated heterocycles. The van der Waals surface area contributed by atoms with Crippen molar-refractivity contribution in [2.24, 2.45) is 11.8 Å². The molecule has 1 atom stereocenters. The van der Waals surface area contributed by atoms with Gasteiger partial charge in [0.15, 0.2) is 0 Å². The lowest BCUT2D eigenvalue weighted by atomic mass is 9.91. The van der Waals surface area contributed by atoms with Crippen LogP contribution in [-0.2, 0) is 0 Å². The van der Waals surface area contributed by atoms with Gasteiger partial charge in [-0.2, -0.15) is 0 Å². The number of halogens is 1. The molecule has 1 aromatic rings. The number of hydrogen-bond acceptors (Lipinski definition) is 2.